The molecule has 2 aromatic carbocycles. The number of carbonyl (C=O) groups is 2. The molecule has 1 aliphatic heterocycles. The summed E-state index contributed by atoms with van der Waals surface area (Å²) in [6.45, 7) is 6.14. The molecule has 0 spiro atoms. The average molecular weight is 451 g/mol. The van der Waals surface area contributed by atoms with Crippen LogP contribution in [0.5, 0.6) is 0 Å². The second kappa shape index (κ2) is 9.95. The summed E-state index contributed by atoms with van der Waals surface area (Å²) >= 11 is 1.29. The Morgan fingerprint density at radius 3 is 2.56 bits per heavy atom. The summed E-state index contributed by atoms with van der Waals surface area (Å²) < 4.78 is 1.66. The van der Waals surface area contributed by atoms with Crippen LogP contribution in [0.4, 0.5) is 0 Å². The minimum atomic E-state index is -0.109. The molecule has 0 aliphatic carbocycles. The van der Waals surface area contributed by atoms with Crippen LogP contribution in [0.3, 0.4) is 0 Å². The number of likely N-dealkylation sites (tertiary alicyclic amines) is 1. The molecule has 0 atom stereocenters. The first-order valence-electron chi connectivity index (χ1n) is 10.7. The number of hydrogen-bond acceptors (Lipinski definition) is 6. The molecule has 1 saturated heterocycles. The Kier molecular flexibility index (Phi) is 6.84. The van der Waals surface area contributed by atoms with Crippen molar-refractivity contribution in [3.63, 3.8) is 0 Å². The fourth-order valence-corrected chi connectivity index (χ4v) is 4.35. The van der Waals surface area contributed by atoms with Gasteiger partial charge in [-0.3, -0.25) is 9.59 Å². The third-order valence-electron chi connectivity index (χ3n) is 5.66. The number of thioether (sulfide) groups is 1. The number of rotatable bonds is 7. The topological polar surface area (TPSA) is 93.0 Å². The highest BCUT2D eigenvalue weighted by atomic mass is 32.2. The molecule has 166 valence electrons. The normalized spacial score (nSPS) is 13.4. The second-order valence-electron chi connectivity index (χ2n) is 7.85. The van der Waals surface area contributed by atoms with Gasteiger partial charge in [0.25, 0.3) is 5.91 Å². The van der Waals surface area contributed by atoms with Crippen molar-refractivity contribution in [2.75, 3.05) is 18.8 Å². The highest BCUT2D eigenvalue weighted by molar-refractivity contribution is 7.99. The summed E-state index contributed by atoms with van der Waals surface area (Å²) in [6.07, 6.45) is 2.15. The van der Waals surface area contributed by atoms with Crippen LogP contribution >= 0.6 is 11.8 Å². The zero-order valence-corrected chi connectivity index (χ0v) is 19.1. The largest absolute Gasteiger partial charge is 0.351 e. The maximum Gasteiger partial charge on any atom is 0.253 e. The van der Waals surface area contributed by atoms with Gasteiger partial charge in [-0.05, 0) is 72.0 Å². The lowest BCUT2D eigenvalue weighted by atomic mass is 10.1. The number of nitrogens with one attached hydrogen (secondary N) is 1. The van der Waals surface area contributed by atoms with E-state index in [2.05, 4.69) is 20.8 Å². The Morgan fingerprint density at radius 1 is 1.06 bits per heavy atom. The molecule has 32 heavy (non-hydrogen) atoms. The molecule has 0 radical (unpaired) electrons. The lowest BCUT2D eigenvalue weighted by Crippen LogP contribution is -2.27. The van der Waals surface area contributed by atoms with Crippen molar-refractivity contribution in [2.45, 2.75) is 38.4 Å². The molecule has 1 aromatic heterocycles. The molecule has 4 rings (SSSR count). The van der Waals surface area contributed by atoms with Crippen LogP contribution in [-0.4, -0.2) is 55.8 Å². The number of tetrazole rings is 1. The van der Waals surface area contributed by atoms with Crippen molar-refractivity contribution < 1.29 is 9.59 Å². The van der Waals surface area contributed by atoms with Crippen LogP contribution in [-0.2, 0) is 11.3 Å². The number of hydrogen-bond donors (Lipinski definition) is 1. The van der Waals surface area contributed by atoms with E-state index in [0.717, 1.165) is 48.3 Å². The van der Waals surface area contributed by atoms with E-state index in [0.29, 0.717) is 17.3 Å². The van der Waals surface area contributed by atoms with Gasteiger partial charge in [-0.25, -0.2) is 0 Å². The zero-order valence-electron chi connectivity index (χ0n) is 18.2. The van der Waals surface area contributed by atoms with Gasteiger partial charge in [-0.1, -0.05) is 36.0 Å². The summed E-state index contributed by atoms with van der Waals surface area (Å²) in [4.78, 5) is 26.7. The number of carbonyl (C=O) groups excluding carboxylic acids is 2. The summed E-state index contributed by atoms with van der Waals surface area (Å²) in [5.41, 5.74) is 4.79. The summed E-state index contributed by atoms with van der Waals surface area (Å²) in [5, 5.41) is 15.4. The summed E-state index contributed by atoms with van der Waals surface area (Å²) in [7, 11) is 0. The van der Waals surface area contributed by atoms with Gasteiger partial charge in [0.1, 0.15) is 0 Å². The van der Waals surface area contributed by atoms with Gasteiger partial charge in [-0.2, -0.15) is 4.68 Å². The summed E-state index contributed by atoms with van der Waals surface area (Å²) in [5.74, 6) is 0.176. The quantitative estimate of drug-likeness (QED) is 0.557. The highest BCUT2D eigenvalue weighted by Crippen LogP contribution is 2.22. The van der Waals surface area contributed by atoms with Crippen molar-refractivity contribution in [3.05, 3.63) is 64.7 Å². The molecule has 9 heteroatoms. The van der Waals surface area contributed by atoms with E-state index in [4.69, 9.17) is 0 Å². The second-order valence-corrected chi connectivity index (χ2v) is 8.80. The van der Waals surface area contributed by atoms with Crippen molar-refractivity contribution in [2.24, 2.45) is 0 Å². The van der Waals surface area contributed by atoms with Gasteiger partial charge in [0.2, 0.25) is 11.1 Å². The number of nitrogens with zero attached hydrogens (tertiary/aromatic N) is 5. The van der Waals surface area contributed by atoms with E-state index in [1.165, 1.54) is 11.8 Å². The molecule has 3 aromatic rings. The molecule has 2 heterocycles. The maximum atomic E-state index is 12.4. The predicted molar refractivity (Wildman–Crippen MR) is 123 cm³/mol. The molecule has 1 N–H and O–H groups in total. The first kappa shape index (κ1) is 22.0. The number of amides is 2. The van der Waals surface area contributed by atoms with E-state index < -0.39 is 0 Å². The SMILES string of the molecule is Cc1cccc(-n2nnnc2SCC(=O)NCc2ccc(C(=O)N3CCCC3)cc2)c1C. The lowest BCUT2D eigenvalue weighted by molar-refractivity contribution is -0.118. The van der Waals surface area contributed by atoms with E-state index in [-0.39, 0.29) is 17.6 Å². The zero-order chi connectivity index (χ0) is 22.5. The van der Waals surface area contributed by atoms with Crippen molar-refractivity contribution in [3.8, 4) is 5.69 Å². The monoisotopic (exact) mass is 450 g/mol. The number of aryl methyl sites for hydroxylation is 1. The molecular weight excluding hydrogens is 424 g/mol. The van der Waals surface area contributed by atoms with E-state index in [9.17, 15) is 9.59 Å². The highest BCUT2D eigenvalue weighted by Gasteiger charge is 2.19. The minimum Gasteiger partial charge on any atom is -0.351 e. The summed E-state index contributed by atoms with van der Waals surface area (Å²) in [6, 6.07) is 13.4. The van der Waals surface area contributed by atoms with Crippen LogP contribution in [0.1, 0.15) is 39.9 Å². The van der Waals surface area contributed by atoms with Crippen molar-refractivity contribution in [1.82, 2.24) is 30.4 Å². The molecule has 2 amide bonds. The number of benzene rings is 2. The smallest absolute Gasteiger partial charge is 0.253 e. The third-order valence-corrected chi connectivity index (χ3v) is 6.58. The van der Waals surface area contributed by atoms with Gasteiger partial charge in [-0.15, -0.1) is 5.10 Å². The Bertz CT molecular complexity index is 1110. The van der Waals surface area contributed by atoms with Gasteiger partial charge in [0.15, 0.2) is 0 Å². The van der Waals surface area contributed by atoms with Gasteiger partial charge in [0.05, 0.1) is 11.4 Å². The molecular formula is C23H26N6O2S. The average Bonchev–Trinajstić information content (AvgIpc) is 3.50. The Hall–Kier alpha value is -3.20. The van der Waals surface area contributed by atoms with E-state index >= 15 is 0 Å². The minimum absolute atomic E-state index is 0.0797. The van der Waals surface area contributed by atoms with Crippen molar-refractivity contribution in [1.29, 1.82) is 0 Å². The number of aromatic nitrogens is 4. The molecule has 0 unspecified atom stereocenters. The van der Waals surface area contributed by atoms with Crippen LogP contribution in [0, 0.1) is 13.8 Å². The van der Waals surface area contributed by atoms with Crippen LogP contribution in [0.2, 0.25) is 0 Å². The predicted octanol–water partition coefficient (Wildman–Crippen LogP) is 2.92. The van der Waals surface area contributed by atoms with Gasteiger partial charge >= 0.3 is 0 Å². The molecule has 8 nitrogen and oxygen atoms in total. The van der Waals surface area contributed by atoms with Gasteiger partial charge < -0.3 is 10.2 Å². The fraction of sp³-hybridized carbons (Fsp3) is 0.348. The van der Waals surface area contributed by atoms with Crippen LogP contribution < -0.4 is 5.32 Å². The molecule has 0 bridgehead atoms. The van der Waals surface area contributed by atoms with E-state index in [1.807, 2.05) is 61.2 Å². The maximum absolute atomic E-state index is 12.4. The Balaban J connectivity index is 1.29. The lowest BCUT2D eigenvalue weighted by Gasteiger charge is -2.15. The first-order chi connectivity index (χ1) is 15.5. The molecule has 1 fully saturated rings. The standard InChI is InChI=1S/C23H26N6O2S/c1-16-6-5-7-20(17(16)2)29-23(25-26-27-29)32-15-21(30)24-14-18-8-10-19(11-9-18)22(31)28-12-3-4-13-28/h5-11H,3-4,12-15H2,1-2H3,(H,24,30). The van der Waals surface area contributed by atoms with Crippen LogP contribution in [0.15, 0.2) is 47.6 Å². The molecule has 0 saturated carbocycles. The fourth-order valence-electron chi connectivity index (χ4n) is 3.63. The Morgan fingerprint density at radius 2 is 1.81 bits per heavy atom. The third kappa shape index (κ3) is 4.99. The first-order valence-corrected chi connectivity index (χ1v) is 11.6. The van der Waals surface area contributed by atoms with Crippen molar-refractivity contribution >= 4 is 23.6 Å². The van der Waals surface area contributed by atoms with Gasteiger partial charge in [0, 0.05) is 25.2 Å². The Labute approximate surface area is 191 Å². The van der Waals surface area contributed by atoms with Crippen LogP contribution in [0.25, 0.3) is 5.69 Å². The molecule has 1 aliphatic rings. The van der Waals surface area contributed by atoms with E-state index in [1.54, 1.807) is 4.68 Å².